The van der Waals surface area contributed by atoms with E-state index in [4.69, 9.17) is 4.42 Å². The highest BCUT2D eigenvalue weighted by Gasteiger charge is 2.31. The molecule has 0 N–H and O–H groups in total. The van der Waals surface area contributed by atoms with Crippen LogP contribution in [0.15, 0.2) is 41.0 Å². The van der Waals surface area contributed by atoms with E-state index in [2.05, 4.69) is 4.98 Å². The molecule has 0 bridgehead atoms. The van der Waals surface area contributed by atoms with E-state index in [0.29, 0.717) is 22.6 Å². The molecule has 2 heterocycles. The quantitative estimate of drug-likeness (QED) is 0.669. The van der Waals surface area contributed by atoms with Crippen molar-refractivity contribution in [3.8, 4) is 11.6 Å². The summed E-state index contributed by atoms with van der Waals surface area (Å²) in [4.78, 5) is 4.28. The summed E-state index contributed by atoms with van der Waals surface area (Å²) in [6.45, 7) is 0. The molecule has 0 aliphatic rings. The minimum absolute atomic E-state index is 0.418. The molecular weight excluding hydrogens is 257 g/mol. The van der Waals surface area contributed by atoms with E-state index in [0.717, 1.165) is 12.1 Å². The van der Waals surface area contributed by atoms with Crippen molar-refractivity contribution in [2.24, 2.45) is 7.05 Å². The molecule has 3 rings (SSSR count). The summed E-state index contributed by atoms with van der Waals surface area (Å²) >= 11 is 0. The minimum Gasteiger partial charge on any atom is -0.461 e. The van der Waals surface area contributed by atoms with Crippen molar-refractivity contribution in [2.75, 3.05) is 0 Å². The number of aryl methyl sites for hydroxylation is 1. The van der Waals surface area contributed by atoms with Crippen LogP contribution in [0.3, 0.4) is 0 Å². The zero-order chi connectivity index (χ0) is 13.6. The lowest BCUT2D eigenvalue weighted by Crippen LogP contribution is -2.04. The lowest BCUT2D eigenvalue weighted by atomic mass is 10.2. The van der Waals surface area contributed by atoms with Crippen LogP contribution in [-0.4, -0.2) is 9.55 Å². The van der Waals surface area contributed by atoms with Crippen molar-refractivity contribution >= 4 is 11.0 Å². The van der Waals surface area contributed by atoms with Crippen LogP contribution in [0.2, 0.25) is 0 Å². The van der Waals surface area contributed by atoms with Crippen LogP contribution in [0, 0.1) is 0 Å². The number of imidazole rings is 1. The van der Waals surface area contributed by atoms with Gasteiger partial charge in [-0.15, -0.1) is 0 Å². The lowest BCUT2D eigenvalue weighted by Gasteiger charge is -2.06. The Hall–Kier alpha value is -2.24. The highest BCUT2D eigenvalue weighted by atomic mass is 19.4. The van der Waals surface area contributed by atoms with E-state index < -0.39 is 11.7 Å². The Morgan fingerprint density at radius 2 is 2.00 bits per heavy atom. The Morgan fingerprint density at radius 1 is 1.21 bits per heavy atom. The fraction of sp³-hybridized carbons (Fsp3) is 0.154. The number of rotatable bonds is 1. The van der Waals surface area contributed by atoms with Crippen molar-refractivity contribution in [3.63, 3.8) is 0 Å². The maximum Gasteiger partial charge on any atom is 0.416 e. The molecule has 0 radical (unpaired) electrons. The van der Waals surface area contributed by atoms with E-state index in [9.17, 15) is 13.2 Å². The van der Waals surface area contributed by atoms with E-state index in [1.165, 1.54) is 12.3 Å². The summed E-state index contributed by atoms with van der Waals surface area (Å²) in [5.74, 6) is 1.02. The SMILES string of the molecule is Cn1c(-c2ccco2)nc2ccc(C(F)(F)F)cc21. The third-order valence-corrected chi connectivity index (χ3v) is 2.95. The number of nitrogens with zero attached hydrogens (tertiary/aromatic N) is 2. The summed E-state index contributed by atoms with van der Waals surface area (Å²) < 4.78 is 44.8. The van der Waals surface area contributed by atoms with Gasteiger partial charge < -0.3 is 8.98 Å². The molecule has 3 nitrogen and oxygen atoms in total. The predicted octanol–water partition coefficient (Wildman–Crippen LogP) is 3.85. The third-order valence-electron chi connectivity index (χ3n) is 2.95. The molecule has 0 aliphatic carbocycles. The molecule has 0 atom stereocenters. The number of halogens is 3. The van der Waals surface area contributed by atoms with E-state index in [1.807, 2.05) is 0 Å². The number of fused-ring (bicyclic) bond motifs is 1. The average molecular weight is 266 g/mol. The molecule has 0 aliphatic heterocycles. The monoisotopic (exact) mass is 266 g/mol. The Balaban J connectivity index is 2.22. The molecule has 2 aromatic heterocycles. The Labute approximate surface area is 106 Å². The lowest BCUT2D eigenvalue weighted by molar-refractivity contribution is -0.137. The van der Waals surface area contributed by atoms with Crippen molar-refractivity contribution in [1.82, 2.24) is 9.55 Å². The van der Waals surface area contributed by atoms with Gasteiger partial charge in [-0.2, -0.15) is 13.2 Å². The number of furan rings is 1. The molecule has 0 spiro atoms. The van der Waals surface area contributed by atoms with E-state index >= 15 is 0 Å². The molecule has 6 heteroatoms. The number of benzene rings is 1. The van der Waals surface area contributed by atoms with Gasteiger partial charge in [-0.3, -0.25) is 0 Å². The largest absolute Gasteiger partial charge is 0.461 e. The predicted molar refractivity (Wildman–Crippen MR) is 63.4 cm³/mol. The first-order chi connectivity index (χ1) is 8.97. The molecule has 1 aromatic carbocycles. The summed E-state index contributed by atoms with van der Waals surface area (Å²) in [5.41, 5.74) is 0.233. The average Bonchev–Trinajstić information content (AvgIpc) is 2.96. The van der Waals surface area contributed by atoms with Crippen LogP contribution in [0.1, 0.15) is 5.56 Å². The van der Waals surface area contributed by atoms with Crippen LogP contribution >= 0.6 is 0 Å². The van der Waals surface area contributed by atoms with E-state index in [1.54, 1.807) is 23.7 Å². The van der Waals surface area contributed by atoms with E-state index in [-0.39, 0.29) is 0 Å². The van der Waals surface area contributed by atoms with Gasteiger partial charge >= 0.3 is 6.18 Å². The molecular formula is C13H9F3N2O. The van der Waals surface area contributed by atoms with Gasteiger partial charge in [0.15, 0.2) is 11.6 Å². The number of hydrogen-bond acceptors (Lipinski definition) is 2. The molecule has 98 valence electrons. The first kappa shape index (κ1) is 11.8. The fourth-order valence-electron chi connectivity index (χ4n) is 1.99. The molecule has 0 amide bonds. The molecule has 19 heavy (non-hydrogen) atoms. The van der Waals surface area contributed by atoms with Crippen LogP contribution in [0.4, 0.5) is 13.2 Å². The molecule has 0 fully saturated rings. The second kappa shape index (κ2) is 3.88. The molecule has 3 aromatic rings. The number of aromatic nitrogens is 2. The normalized spacial score (nSPS) is 12.2. The van der Waals surface area contributed by atoms with Gasteiger partial charge in [0.05, 0.1) is 22.9 Å². The van der Waals surface area contributed by atoms with Gasteiger partial charge in [-0.1, -0.05) is 0 Å². The smallest absolute Gasteiger partial charge is 0.416 e. The van der Waals surface area contributed by atoms with Crippen molar-refractivity contribution < 1.29 is 17.6 Å². The van der Waals surface area contributed by atoms with Crippen molar-refractivity contribution in [1.29, 1.82) is 0 Å². The zero-order valence-electron chi connectivity index (χ0n) is 9.90. The highest BCUT2D eigenvalue weighted by molar-refractivity contribution is 5.80. The van der Waals surface area contributed by atoms with Gasteiger partial charge in [0.1, 0.15) is 0 Å². The Morgan fingerprint density at radius 3 is 2.63 bits per heavy atom. The summed E-state index contributed by atoms with van der Waals surface area (Å²) in [5, 5.41) is 0. The molecule has 0 saturated heterocycles. The van der Waals surface area contributed by atoms with Crippen molar-refractivity contribution in [2.45, 2.75) is 6.18 Å². The summed E-state index contributed by atoms with van der Waals surface area (Å²) in [6, 6.07) is 6.91. The first-order valence-corrected chi connectivity index (χ1v) is 5.54. The maximum absolute atomic E-state index is 12.7. The highest BCUT2D eigenvalue weighted by Crippen LogP contribution is 2.32. The topological polar surface area (TPSA) is 31.0 Å². The standard InChI is InChI=1S/C13H9F3N2O/c1-18-10-7-8(13(14,15)16)4-5-9(10)17-12(18)11-3-2-6-19-11/h2-7H,1H3. The van der Waals surface area contributed by atoms with Gasteiger partial charge in [0.25, 0.3) is 0 Å². The third kappa shape index (κ3) is 1.89. The van der Waals surface area contributed by atoms with Crippen molar-refractivity contribution in [3.05, 3.63) is 42.2 Å². The number of hydrogen-bond donors (Lipinski definition) is 0. The second-order valence-corrected chi connectivity index (χ2v) is 4.17. The van der Waals surface area contributed by atoms with Crippen LogP contribution in [-0.2, 0) is 13.2 Å². The van der Waals surface area contributed by atoms with Gasteiger partial charge in [-0.05, 0) is 30.3 Å². The maximum atomic E-state index is 12.7. The second-order valence-electron chi connectivity index (χ2n) is 4.17. The molecule has 0 unspecified atom stereocenters. The zero-order valence-corrected chi connectivity index (χ0v) is 9.90. The Bertz CT molecular complexity index is 726. The Kier molecular flexibility index (Phi) is 2.41. The summed E-state index contributed by atoms with van der Waals surface area (Å²) in [7, 11) is 1.66. The number of alkyl halides is 3. The summed E-state index contributed by atoms with van der Waals surface area (Å²) in [6.07, 6.45) is -2.86. The first-order valence-electron chi connectivity index (χ1n) is 5.54. The van der Waals surface area contributed by atoms with Crippen LogP contribution in [0.25, 0.3) is 22.6 Å². The van der Waals surface area contributed by atoms with Crippen LogP contribution in [0.5, 0.6) is 0 Å². The van der Waals surface area contributed by atoms with Gasteiger partial charge in [0, 0.05) is 7.05 Å². The fourth-order valence-corrected chi connectivity index (χ4v) is 1.99. The molecule has 0 saturated carbocycles. The van der Waals surface area contributed by atoms with Gasteiger partial charge in [0.2, 0.25) is 0 Å². The van der Waals surface area contributed by atoms with Gasteiger partial charge in [-0.25, -0.2) is 4.98 Å². The van der Waals surface area contributed by atoms with Crippen LogP contribution < -0.4 is 0 Å². The minimum atomic E-state index is -4.36.